The average molecular weight is 227 g/mol. The van der Waals surface area contributed by atoms with Gasteiger partial charge >= 0.3 is 5.97 Å². The van der Waals surface area contributed by atoms with E-state index in [-0.39, 0.29) is 5.92 Å². The molecule has 1 aromatic carbocycles. The highest BCUT2D eigenvalue weighted by atomic mass is 35.5. The van der Waals surface area contributed by atoms with Crippen molar-refractivity contribution in [2.24, 2.45) is 5.92 Å². The lowest BCUT2D eigenvalue weighted by molar-refractivity contribution is -0.146. The molecule has 0 heterocycles. The van der Waals surface area contributed by atoms with Crippen LogP contribution in [-0.4, -0.2) is 17.2 Å². The monoisotopic (exact) mass is 226 g/mol. The molecule has 15 heavy (non-hydrogen) atoms. The van der Waals surface area contributed by atoms with E-state index < -0.39 is 12.1 Å². The molecule has 0 aromatic heterocycles. The van der Waals surface area contributed by atoms with Crippen LogP contribution in [0.4, 0.5) is 0 Å². The first-order chi connectivity index (χ1) is 7.16. The van der Waals surface area contributed by atoms with Crippen molar-refractivity contribution < 1.29 is 14.6 Å². The van der Waals surface area contributed by atoms with Gasteiger partial charge in [-0.3, -0.25) is 0 Å². The highest BCUT2D eigenvalue weighted by molar-refractivity contribution is 6.30. The van der Waals surface area contributed by atoms with E-state index in [4.69, 9.17) is 21.4 Å². The minimum absolute atomic E-state index is 0.165. The molecule has 0 radical (unpaired) electrons. The van der Waals surface area contributed by atoms with Crippen molar-refractivity contribution in [3.05, 3.63) is 29.3 Å². The molecular weight excluding hydrogens is 216 g/mol. The summed E-state index contributed by atoms with van der Waals surface area (Å²) in [5.41, 5.74) is 0. The van der Waals surface area contributed by atoms with Crippen LogP contribution in [0.25, 0.3) is 0 Å². The minimum atomic E-state index is -0.896. The van der Waals surface area contributed by atoms with Crippen LogP contribution in [0.5, 0.6) is 5.75 Å². The van der Waals surface area contributed by atoms with Crippen molar-refractivity contribution in [1.82, 2.24) is 0 Å². The SMILES string of the molecule is O=C(O)C(Oc1ccc(Cl)cc1)C1CC1. The Balaban J connectivity index is 2.05. The number of ether oxygens (including phenoxy) is 1. The molecule has 1 unspecified atom stereocenters. The third-order valence-electron chi connectivity index (χ3n) is 2.37. The molecule has 1 atom stereocenters. The first-order valence-electron chi connectivity index (χ1n) is 4.82. The van der Waals surface area contributed by atoms with Gasteiger partial charge in [0.2, 0.25) is 0 Å². The lowest BCUT2D eigenvalue weighted by Gasteiger charge is -2.13. The molecule has 1 fully saturated rings. The van der Waals surface area contributed by atoms with Gasteiger partial charge in [0.15, 0.2) is 6.10 Å². The minimum Gasteiger partial charge on any atom is -0.478 e. The predicted octanol–water partition coefficient (Wildman–Crippen LogP) is 2.58. The number of benzene rings is 1. The van der Waals surface area contributed by atoms with Crippen LogP contribution < -0.4 is 4.74 Å². The molecule has 0 bridgehead atoms. The molecule has 0 spiro atoms. The van der Waals surface area contributed by atoms with Crippen LogP contribution in [0.15, 0.2) is 24.3 Å². The first kappa shape index (κ1) is 10.3. The van der Waals surface area contributed by atoms with E-state index in [0.29, 0.717) is 10.8 Å². The fraction of sp³-hybridized carbons (Fsp3) is 0.364. The van der Waals surface area contributed by atoms with E-state index in [1.165, 1.54) is 0 Å². The Bertz CT molecular complexity index is 357. The number of hydrogen-bond donors (Lipinski definition) is 1. The van der Waals surface area contributed by atoms with E-state index in [9.17, 15) is 4.79 Å². The first-order valence-corrected chi connectivity index (χ1v) is 5.19. The number of hydrogen-bond acceptors (Lipinski definition) is 2. The van der Waals surface area contributed by atoms with Crippen molar-refractivity contribution in [2.75, 3.05) is 0 Å². The van der Waals surface area contributed by atoms with E-state index in [2.05, 4.69) is 0 Å². The van der Waals surface area contributed by atoms with E-state index in [0.717, 1.165) is 12.8 Å². The van der Waals surface area contributed by atoms with Crippen LogP contribution in [0, 0.1) is 5.92 Å². The van der Waals surface area contributed by atoms with Crippen LogP contribution >= 0.6 is 11.6 Å². The summed E-state index contributed by atoms with van der Waals surface area (Å²) < 4.78 is 5.40. The molecule has 2 rings (SSSR count). The number of carbonyl (C=O) groups is 1. The average Bonchev–Trinajstić information content (AvgIpc) is 3.00. The zero-order valence-electron chi connectivity index (χ0n) is 8.02. The molecule has 1 N–H and O–H groups in total. The molecule has 1 saturated carbocycles. The number of carboxylic acid groups (broad SMARTS) is 1. The van der Waals surface area contributed by atoms with Crippen molar-refractivity contribution >= 4 is 17.6 Å². The molecule has 1 aliphatic carbocycles. The van der Waals surface area contributed by atoms with Gasteiger partial charge in [-0.05, 0) is 37.1 Å². The summed E-state index contributed by atoms with van der Waals surface area (Å²) in [6.45, 7) is 0. The number of rotatable bonds is 4. The highest BCUT2D eigenvalue weighted by Crippen LogP contribution is 2.35. The molecule has 80 valence electrons. The van der Waals surface area contributed by atoms with Crippen molar-refractivity contribution in [3.8, 4) is 5.75 Å². The second-order valence-corrected chi connectivity index (χ2v) is 4.10. The summed E-state index contributed by atoms with van der Waals surface area (Å²) in [5.74, 6) is -0.177. The van der Waals surface area contributed by atoms with Crippen molar-refractivity contribution in [3.63, 3.8) is 0 Å². The van der Waals surface area contributed by atoms with E-state index >= 15 is 0 Å². The van der Waals surface area contributed by atoms with E-state index in [1.54, 1.807) is 24.3 Å². The van der Waals surface area contributed by atoms with Gasteiger partial charge in [0, 0.05) is 10.9 Å². The fourth-order valence-corrected chi connectivity index (χ4v) is 1.53. The van der Waals surface area contributed by atoms with Gasteiger partial charge in [0.25, 0.3) is 0 Å². The fourth-order valence-electron chi connectivity index (χ4n) is 1.41. The third kappa shape index (κ3) is 2.63. The molecule has 1 aliphatic rings. The third-order valence-corrected chi connectivity index (χ3v) is 2.62. The predicted molar refractivity (Wildman–Crippen MR) is 56.2 cm³/mol. The number of aliphatic carboxylic acids is 1. The summed E-state index contributed by atoms with van der Waals surface area (Å²) in [5, 5.41) is 9.56. The Hall–Kier alpha value is -1.22. The zero-order chi connectivity index (χ0) is 10.8. The molecule has 0 saturated heterocycles. The Morgan fingerprint density at radius 1 is 1.40 bits per heavy atom. The smallest absolute Gasteiger partial charge is 0.345 e. The lowest BCUT2D eigenvalue weighted by atomic mass is 10.2. The largest absolute Gasteiger partial charge is 0.478 e. The summed E-state index contributed by atoms with van der Waals surface area (Å²) in [4.78, 5) is 10.9. The molecular formula is C11H11ClO3. The molecule has 4 heteroatoms. The second kappa shape index (κ2) is 4.11. The van der Waals surface area contributed by atoms with Gasteiger partial charge in [0.1, 0.15) is 5.75 Å². The summed E-state index contributed by atoms with van der Waals surface area (Å²) in [6, 6.07) is 6.73. The lowest BCUT2D eigenvalue weighted by Crippen LogP contribution is -2.29. The van der Waals surface area contributed by atoms with Gasteiger partial charge in [-0.1, -0.05) is 11.6 Å². The Labute approximate surface area is 92.6 Å². The van der Waals surface area contributed by atoms with Crippen LogP contribution in [0.2, 0.25) is 5.02 Å². The Morgan fingerprint density at radius 3 is 2.47 bits per heavy atom. The maximum absolute atomic E-state index is 10.9. The normalized spacial score (nSPS) is 17.1. The quantitative estimate of drug-likeness (QED) is 0.859. The second-order valence-electron chi connectivity index (χ2n) is 3.67. The van der Waals surface area contributed by atoms with Crippen LogP contribution in [-0.2, 0) is 4.79 Å². The van der Waals surface area contributed by atoms with Gasteiger partial charge in [0.05, 0.1) is 0 Å². The molecule has 0 amide bonds. The van der Waals surface area contributed by atoms with Crippen molar-refractivity contribution in [1.29, 1.82) is 0 Å². The summed E-state index contributed by atoms with van der Waals surface area (Å²) in [6.07, 6.45) is 1.15. The standard InChI is InChI=1S/C11H11ClO3/c12-8-3-5-9(6-4-8)15-10(11(13)14)7-1-2-7/h3-7,10H,1-2H2,(H,13,14). The van der Waals surface area contributed by atoms with Crippen LogP contribution in [0.3, 0.4) is 0 Å². The van der Waals surface area contributed by atoms with Gasteiger partial charge in [-0.15, -0.1) is 0 Å². The Morgan fingerprint density at radius 2 is 2.00 bits per heavy atom. The molecule has 0 aliphatic heterocycles. The summed E-state index contributed by atoms with van der Waals surface area (Å²) >= 11 is 5.71. The van der Waals surface area contributed by atoms with E-state index in [1.807, 2.05) is 0 Å². The van der Waals surface area contributed by atoms with Gasteiger partial charge in [-0.25, -0.2) is 4.79 Å². The van der Waals surface area contributed by atoms with Gasteiger partial charge < -0.3 is 9.84 Å². The van der Waals surface area contributed by atoms with Crippen LogP contribution in [0.1, 0.15) is 12.8 Å². The molecule has 3 nitrogen and oxygen atoms in total. The topological polar surface area (TPSA) is 46.5 Å². The van der Waals surface area contributed by atoms with Gasteiger partial charge in [-0.2, -0.15) is 0 Å². The molecule has 1 aromatic rings. The zero-order valence-corrected chi connectivity index (χ0v) is 8.78. The Kier molecular flexibility index (Phi) is 2.82. The number of halogens is 1. The maximum atomic E-state index is 10.9. The summed E-state index contributed by atoms with van der Waals surface area (Å²) in [7, 11) is 0. The number of carboxylic acids is 1. The highest BCUT2D eigenvalue weighted by Gasteiger charge is 2.38. The van der Waals surface area contributed by atoms with Crippen molar-refractivity contribution in [2.45, 2.75) is 18.9 Å². The maximum Gasteiger partial charge on any atom is 0.345 e.